The van der Waals surface area contributed by atoms with E-state index in [1.54, 1.807) is 17.2 Å². The summed E-state index contributed by atoms with van der Waals surface area (Å²) in [5.41, 5.74) is -0.910. The van der Waals surface area contributed by atoms with E-state index in [4.69, 9.17) is 4.74 Å². The van der Waals surface area contributed by atoms with Gasteiger partial charge in [0.15, 0.2) is 5.65 Å². The number of halogens is 1. The van der Waals surface area contributed by atoms with E-state index < -0.39 is 16.7 Å². The Morgan fingerprint density at radius 2 is 1.96 bits per heavy atom. The zero-order valence-electron chi connectivity index (χ0n) is 14.9. The van der Waals surface area contributed by atoms with Gasteiger partial charge < -0.3 is 14.6 Å². The van der Waals surface area contributed by atoms with Gasteiger partial charge >= 0.3 is 17.2 Å². The first-order chi connectivity index (χ1) is 12.2. The van der Waals surface area contributed by atoms with E-state index in [0.717, 1.165) is 0 Å². The van der Waals surface area contributed by atoms with Crippen molar-refractivity contribution in [3.8, 4) is 0 Å². The molecule has 9 heteroatoms. The highest BCUT2D eigenvalue weighted by atomic mass is 79.9. The molecule has 2 aromatic heterocycles. The lowest BCUT2D eigenvalue weighted by atomic mass is 10.0. The molecule has 0 atom stereocenters. The molecule has 0 unspecified atom stereocenters. The molecule has 8 nitrogen and oxygen atoms in total. The third-order valence-electron chi connectivity index (χ3n) is 4.20. The van der Waals surface area contributed by atoms with Crippen LogP contribution in [0.5, 0.6) is 0 Å². The van der Waals surface area contributed by atoms with Crippen molar-refractivity contribution in [3.05, 3.63) is 37.4 Å². The molecule has 140 valence electrons. The van der Waals surface area contributed by atoms with Crippen LogP contribution in [0.15, 0.2) is 26.3 Å². The number of piperidine rings is 1. The summed E-state index contributed by atoms with van der Waals surface area (Å²) in [5.74, 6) is 0. The number of hydrogen-bond donors (Lipinski definition) is 1. The van der Waals surface area contributed by atoms with E-state index in [2.05, 4.69) is 25.9 Å². The van der Waals surface area contributed by atoms with Gasteiger partial charge in [-0.2, -0.15) is 0 Å². The van der Waals surface area contributed by atoms with Gasteiger partial charge in [0.25, 0.3) is 0 Å². The van der Waals surface area contributed by atoms with Gasteiger partial charge in [-0.25, -0.2) is 9.78 Å². The van der Waals surface area contributed by atoms with Gasteiger partial charge in [-0.05, 0) is 55.6 Å². The van der Waals surface area contributed by atoms with Crippen LogP contribution in [0.4, 0.5) is 4.79 Å². The molecular weight excluding hydrogens is 404 g/mol. The highest BCUT2D eigenvalue weighted by molar-refractivity contribution is 9.10. The normalized spacial score (nSPS) is 16.1. The Morgan fingerprint density at radius 1 is 1.31 bits per heavy atom. The van der Waals surface area contributed by atoms with Gasteiger partial charge in [-0.3, -0.25) is 14.2 Å². The van der Waals surface area contributed by atoms with E-state index in [1.165, 1.54) is 4.57 Å². The second kappa shape index (κ2) is 6.86. The number of pyridine rings is 1. The third-order valence-corrected chi connectivity index (χ3v) is 4.64. The van der Waals surface area contributed by atoms with Crippen LogP contribution < -0.4 is 11.1 Å². The lowest BCUT2D eigenvalue weighted by Gasteiger charge is -2.34. The topological polar surface area (TPSA) is 97.3 Å². The Balaban J connectivity index is 1.86. The number of ether oxygens (including phenoxy) is 1. The molecule has 26 heavy (non-hydrogen) atoms. The van der Waals surface area contributed by atoms with Crippen LogP contribution in [0.3, 0.4) is 0 Å². The SMILES string of the molecule is CC(C)(C)OC(=O)N1CCC(n2c(=O)c(=O)[nH]c3cc(Br)cnc32)CC1. The fourth-order valence-corrected chi connectivity index (χ4v) is 3.40. The van der Waals surface area contributed by atoms with E-state index in [1.807, 2.05) is 20.8 Å². The number of nitrogens with zero attached hydrogens (tertiary/aromatic N) is 3. The van der Waals surface area contributed by atoms with Crippen LogP contribution in [0.1, 0.15) is 39.7 Å². The number of nitrogens with one attached hydrogen (secondary N) is 1. The van der Waals surface area contributed by atoms with Crippen LogP contribution in [-0.2, 0) is 4.74 Å². The average Bonchev–Trinajstić information content (AvgIpc) is 2.55. The van der Waals surface area contributed by atoms with Gasteiger partial charge in [0.05, 0.1) is 5.52 Å². The summed E-state index contributed by atoms with van der Waals surface area (Å²) in [6, 6.07) is 1.52. The zero-order valence-corrected chi connectivity index (χ0v) is 16.5. The van der Waals surface area contributed by atoms with E-state index >= 15 is 0 Å². The second-order valence-electron chi connectivity index (χ2n) is 7.35. The van der Waals surface area contributed by atoms with Crippen molar-refractivity contribution in [3.63, 3.8) is 0 Å². The summed E-state index contributed by atoms with van der Waals surface area (Å²) >= 11 is 3.31. The van der Waals surface area contributed by atoms with Crippen LogP contribution in [0.25, 0.3) is 11.2 Å². The Morgan fingerprint density at radius 3 is 2.58 bits per heavy atom. The molecule has 0 bridgehead atoms. The summed E-state index contributed by atoms with van der Waals surface area (Å²) < 4.78 is 7.56. The molecule has 1 N–H and O–H groups in total. The standard InChI is InChI=1S/C17H21BrN4O4/c1-17(2,3)26-16(25)21-6-4-11(5-7-21)22-13-12(8-10(18)9-19-13)20-14(23)15(22)24/h8-9,11H,4-7H2,1-3H3,(H,20,23). The Bertz CT molecular complexity index is 952. The van der Waals surface area contributed by atoms with Gasteiger partial charge in [-0.1, -0.05) is 0 Å². The molecule has 1 aliphatic heterocycles. The quantitative estimate of drug-likeness (QED) is 0.708. The molecule has 3 heterocycles. The molecule has 2 aromatic rings. The summed E-state index contributed by atoms with van der Waals surface area (Å²) in [4.78, 5) is 45.1. The number of hydrogen-bond acceptors (Lipinski definition) is 5. The van der Waals surface area contributed by atoms with Crippen molar-refractivity contribution in [1.82, 2.24) is 19.4 Å². The van der Waals surface area contributed by atoms with Crippen LogP contribution >= 0.6 is 15.9 Å². The molecule has 1 saturated heterocycles. The Kier molecular flexibility index (Phi) is 4.92. The van der Waals surface area contributed by atoms with Crippen LogP contribution in [0, 0.1) is 0 Å². The molecule has 1 amide bonds. The molecule has 0 aliphatic carbocycles. The molecule has 1 aliphatic rings. The van der Waals surface area contributed by atoms with Crippen molar-refractivity contribution >= 4 is 33.2 Å². The zero-order chi connectivity index (χ0) is 19.1. The molecule has 0 saturated carbocycles. The lowest BCUT2D eigenvalue weighted by molar-refractivity contribution is 0.0188. The maximum Gasteiger partial charge on any atom is 0.410 e. The minimum absolute atomic E-state index is 0.195. The number of aromatic amines is 1. The highest BCUT2D eigenvalue weighted by Gasteiger charge is 2.29. The van der Waals surface area contributed by atoms with Gasteiger partial charge in [0.2, 0.25) is 0 Å². The van der Waals surface area contributed by atoms with Crippen molar-refractivity contribution in [2.45, 2.75) is 45.3 Å². The van der Waals surface area contributed by atoms with Crippen molar-refractivity contribution in [2.24, 2.45) is 0 Å². The number of fused-ring (bicyclic) bond motifs is 1. The molecule has 0 spiro atoms. The molecule has 0 aromatic carbocycles. The first-order valence-electron chi connectivity index (χ1n) is 8.44. The van der Waals surface area contributed by atoms with Gasteiger partial charge in [0.1, 0.15) is 5.60 Å². The van der Waals surface area contributed by atoms with E-state index in [9.17, 15) is 14.4 Å². The van der Waals surface area contributed by atoms with E-state index in [-0.39, 0.29) is 12.1 Å². The minimum Gasteiger partial charge on any atom is -0.444 e. The smallest absolute Gasteiger partial charge is 0.410 e. The summed E-state index contributed by atoms with van der Waals surface area (Å²) in [6.45, 7) is 6.38. The number of H-pyrrole nitrogens is 1. The fourth-order valence-electron chi connectivity index (χ4n) is 3.07. The van der Waals surface area contributed by atoms with Gasteiger partial charge in [-0.15, -0.1) is 0 Å². The number of likely N-dealkylation sites (tertiary alicyclic amines) is 1. The number of carbonyl (C=O) groups is 1. The summed E-state index contributed by atoms with van der Waals surface area (Å²) in [6.07, 6.45) is 2.33. The largest absolute Gasteiger partial charge is 0.444 e. The average molecular weight is 425 g/mol. The lowest BCUT2D eigenvalue weighted by Crippen LogP contribution is -2.45. The second-order valence-corrected chi connectivity index (χ2v) is 8.27. The predicted octanol–water partition coefficient (Wildman–Crippen LogP) is 2.42. The first kappa shape index (κ1) is 18.6. The van der Waals surface area contributed by atoms with Crippen molar-refractivity contribution < 1.29 is 9.53 Å². The Hall–Kier alpha value is -2.16. The molecular formula is C17H21BrN4O4. The highest BCUT2D eigenvalue weighted by Crippen LogP contribution is 2.25. The first-order valence-corrected chi connectivity index (χ1v) is 9.23. The Labute approximate surface area is 158 Å². The number of rotatable bonds is 1. The summed E-state index contributed by atoms with van der Waals surface area (Å²) in [7, 11) is 0. The molecule has 3 rings (SSSR count). The fraction of sp³-hybridized carbons (Fsp3) is 0.529. The van der Waals surface area contributed by atoms with Gasteiger partial charge in [0, 0.05) is 29.8 Å². The van der Waals surface area contributed by atoms with Crippen molar-refractivity contribution in [2.75, 3.05) is 13.1 Å². The maximum absolute atomic E-state index is 12.4. The number of amides is 1. The minimum atomic E-state index is -0.674. The predicted molar refractivity (Wildman–Crippen MR) is 100 cm³/mol. The summed E-state index contributed by atoms with van der Waals surface area (Å²) in [5, 5.41) is 0. The number of carbonyl (C=O) groups excluding carboxylic acids is 1. The van der Waals surface area contributed by atoms with Crippen LogP contribution in [-0.4, -0.2) is 44.2 Å². The van der Waals surface area contributed by atoms with Crippen LogP contribution in [0.2, 0.25) is 0 Å². The maximum atomic E-state index is 12.4. The van der Waals surface area contributed by atoms with Crippen molar-refractivity contribution in [1.29, 1.82) is 0 Å². The molecule has 1 fully saturated rings. The monoisotopic (exact) mass is 424 g/mol. The molecule has 0 radical (unpaired) electrons. The number of aromatic nitrogens is 3. The third kappa shape index (κ3) is 3.82. The van der Waals surface area contributed by atoms with E-state index in [0.29, 0.717) is 41.6 Å².